The molecule has 0 radical (unpaired) electrons. The number of amides is 1. The highest BCUT2D eigenvalue weighted by atomic mass is 79.9. The molecule has 0 aliphatic heterocycles. The van der Waals surface area contributed by atoms with Gasteiger partial charge in [0.25, 0.3) is 0 Å². The minimum absolute atomic E-state index is 0.00283. The van der Waals surface area contributed by atoms with Gasteiger partial charge in [-0.25, -0.2) is 8.42 Å². The molecule has 1 N–H and O–H groups in total. The number of carbonyl (C=O) groups excluding carboxylic acids is 1. The van der Waals surface area contributed by atoms with Crippen molar-refractivity contribution in [2.75, 3.05) is 34.4 Å². The van der Waals surface area contributed by atoms with Gasteiger partial charge < -0.3 is 14.8 Å². The Bertz CT molecular complexity index is 648. The van der Waals surface area contributed by atoms with Crippen LogP contribution in [0.1, 0.15) is 6.92 Å². The summed E-state index contributed by atoms with van der Waals surface area (Å²) in [4.78, 5) is 11.6. The van der Waals surface area contributed by atoms with Gasteiger partial charge in [0.1, 0.15) is 4.90 Å². The van der Waals surface area contributed by atoms with E-state index < -0.39 is 10.0 Å². The number of sulfonamides is 1. The number of ether oxygens (including phenoxy) is 2. The van der Waals surface area contributed by atoms with E-state index in [4.69, 9.17) is 9.47 Å². The van der Waals surface area contributed by atoms with Crippen molar-refractivity contribution in [3.05, 3.63) is 16.6 Å². The fourth-order valence-corrected chi connectivity index (χ4v) is 3.86. The molecular weight excluding hydrogens is 376 g/mol. The number of nitrogens with zero attached hydrogens (tertiary/aromatic N) is 1. The second kappa shape index (κ2) is 7.80. The van der Waals surface area contributed by atoms with Crippen molar-refractivity contribution in [2.45, 2.75) is 11.8 Å². The maximum Gasteiger partial charge on any atom is 0.244 e. The minimum Gasteiger partial charge on any atom is -0.493 e. The van der Waals surface area contributed by atoms with Crippen LogP contribution < -0.4 is 14.8 Å². The highest BCUT2D eigenvalue weighted by Gasteiger charge is 2.27. The number of methoxy groups -OCH3 is 2. The van der Waals surface area contributed by atoms with Crippen LogP contribution in [0.5, 0.6) is 11.5 Å². The molecule has 0 atom stereocenters. The van der Waals surface area contributed by atoms with E-state index in [1.165, 1.54) is 33.4 Å². The molecule has 1 aromatic rings. The predicted octanol–water partition coefficient (Wildman–Crippen LogP) is 1.22. The molecule has 22 heavy (non-hydrogen) atoms. The highest BCUT2D eigenvalue weighted by molar-refractivity contribution is 9.10. The van der Waals surface area contributed by atoms with Gasteiger partial charge in [-0.05, 0) is 28.9 Å². The first-order valence-corrected chi connectivity index (χ1v) is 8.65. The van der Waals surface area contributed by atoms with Gasteiger partial charge >= 0.3 is 0 Å². The average Bonchev–Trinajstić information content (AvgIpc) is 2.46. The summed E-state index contributed by atoms with van der Waals surface area (Å²) >= 11 is 3.21. The first-order valence-electron chi connectivity index (χ1n) is 6.42. The van der Waals surface area contributed by atoms with Gasteiger partial charge in [-0.1, -0.05) is 0 Å². The topological polar surface area (TPSA) is 84.9 Å². The molecule has 0 aliphatic carbocycles. The zero-order valence-electron chi connectivity index (χ0n) is 12.8. The number of rotatable bonds is 7. The first-order chi connectivity index (χ1) is 10.3. The average molecular weight is 395 g/mol. The zero-order chi connectivity index (χ0) is 16.9. The molecule has 0 fully saturated rings. The Hall–Kier alpha value is -1.32. The van der Waals surface area contributed by atoms with Crippen LogP contribution in [0.15, 0.2) is 21.5 Å². The van der Waals surface area contributed by atoms with Crippen molar-refractivity contribution >= 4 is 31.9 Å². The molecule has 0 bridgehead atoms. The van der Waals surface area contributed by atoms with E-state index in [2.05, 4.69) is 21.2 Å². The summed E-state index contributed by atoms with van der Waals surface area (Å²) in [7, 11) is 0.366. The van der Waals surface area contributed by atoms with Crippen LogP contribution in [0.3, 0.4) is 0 Å². The van der Waals surface area contributed by atoms with E-state index in [0.29, 0.717) is 16.8 Å². The molecule has 1 rings (SSSR count). The van der Waals surface area contributed by atoms with E-state index in [1.807, 2.05) is 0 Å². The van der Waals surface area contributed by atoms with Crippen LogP contribution in [0, 0.1) is 0 Å². The number of likely N-dealkylation sites (N-methyl/N-ethyl adjacent to an activating group) is 2. The number of hydrogen-bond acceptors (Lipinski definition) is 5. The van der Waals surface area contributed by atoms with Crippen molar-refractivity contribution < 1.29 is 22.7 Å². The van der Waals surface area contributed by atoms with E-state index in [9.17, 15) is 13.2 Å². The molecule has 1 aromatic carbocycles. The van der Waals surface area contributed by atoms with Gasteiger partial charge in [0.15, 0.2) is 11.5 Å². The van der Waals surface area contributed by atoms with Gasteiger partial charge in [-0.3, -0.25) is 4.79 Å². The maximum atomic E-state index is 12.6. The van der Waals surface area contributed by atoms with Gasteiger partial charge in [0.05, 0.1) is 20.8 Å². The fourth-order valence-electron chi connectivity index (χ4n) is 1.74. The molecule has 0 saturated carbocycles. The first kappa shape index (κ1) is 18.7. The Morgan fingerprint density at radius 2 is 1.82 bits per heavy atom. The maximum absolute atomic E-state index is 12.6. The number of benzene rings is 1. The Morgan fingerprint density at radius 1 is 1.27 bits per heavy atom. The van der Waals surface area contributed by atoms with Crippen LogP contribution in [-0.2, 0) is 14.8 Å². The van der Waals surface area contributed by atoms with Crippen molar-refractivity contribution in [3.63, 3.8) is 0 Å². The third-order valence-electron chi connectivity index (χ3n) is 2.87. The summed E-state index contributed by atoms with van der Waals surface area (Å²) in [6.07, 6.45) is 0. The third-order valence-corrected chi connectivity index (χ3v) is 5.63. The molecule has 0 saturated heterocycles. The Morgan fingerprint density at radius 3 is 2.32 bits per heavy atom. The molecule has 1 amide bonds. The van der Waals surface area contributed by atoms with E-state index in [1.54, 1.807) is 6.92 Å². The fraction of sp³-hybridized carbons (Fsp3) is 0.462. The summed E-state index contributed by atoms with van der Waals surface area (Å²) in [6, 6.07) is 2.86. The van der Waals surface area contributed by atoms with E-state index in [-0.39, 0.29) is 23.1 Å². The monoisotopic (exact) mass is 394 g/mol. The lowest BCUT2D eigenvalue weighted by molar-refractivity contribution is -0.121. The van der Waals surface area contributed by atoms with Crippen molar-refractivity contribution in [1.29, 1.82) is 0 Å². The molecule has 9 heteroatoms. The Balaban J connectivity index is 3.19. The molecular formula is C13H19BrN2O5S. The van der Waals surface area contributed by atoms with Gasteiger partial charge in [-0.2, -0.15) is 4.31 Å². The minimum atomic E-state index is -3.85. The summed E-state index contributed by atoms with van der Waals surface area (Å²) < 4.78 is 36.7. The van der Waals surface area contributed by atoms with Crippen molar-refractivity contribution in [3.8, 4) is 11.5 Å². The zero-order valence-corrected chi connectivity index (χ0v) is 15.2. The molecule has 0 spiro atoms. The van der Waals surface area contributed by atoms with E-state index >= 15 is 0 Å². The van der Waals surface area contributed by atoms with Crippen LogP contribution in [0.4, 0.5) is 0 Å². The summed E-state index contributed by atoms with van der Waals surface area (Å²) in [5.74, 6) is 0.320. The molecule has 0 aliphatic rings. The standard InChI is InChI=1S/C13H19BrN2O5S/c1-5-15-13(17)8-16(2)22(18,19)12-7-11(21-4)10(20-3)6-9(12)14/h6-7H,5,8H2,1-4H3,(H,15,17). The number of carbonyl (C=O) groups is 1. The van der Waals surface area contributed by atoms with Crippen LogP contribution in [0.25, 0.3) is 0 Å². The van der Waals surface area contributed by atoms with Crippen molar-refractivity contribution in [1.82, 2.24) is 9.62 Å². The van der Waals surface area contributed by atoms with Crippen molar-refractivity contribution in [2.24, 2.45) is 0 Å². The number of nitrogens with one attached hydrogen (secondary N) is 1. The molecule has 0 heterocycles. The normalized spacial score (nSPS) is 11.4. The Labute approximate surface area is 138 Å². The van der Waals surface area contributed by atoms with Crippen LogP contribution in [0.2, 0.25) is 0 Å². The molecule has 0 unspecified atom stereocenters. The van der Waals surface area contributed by atoms with Crippen LogP contribution >= 0.6 is 15.9 Å². The second-order valence-corrected chi connectivity index (χ2v) is 7.22. The van der Waals surface area contributed by atoms with E-state index in [0.717, 1.165) is 4.31 Å². The van der Waals surface area contributed by atoms with Crippen LogP contribution in [-0.4, -0.2) is 53.0 Å². The quantitative estimate of drug-likeness (QED) is 0.751. The number of hydrogen-bond donors (Lipinski definition) is 1. The SMILES string of the molecule is CCNC(=O)CN(C)S(=O)(=O)c1cc(OC)c(OC)cc1Br. The predicted molar refractivity (Wildman–Crippen MR) is 85.7 cm³/mol. The lowest BCUT2D eigenvalue weighted by atomic mass is 10.3. The number of halogens is 1. The molecule has 124 valence electrons. The smallest absolute Gasteiger partial charge is 0.244 e. The molecule has 7 nitrogen and oxygen atoms in total. The summed E-state index contributed by atoms with van der Waals surface area (Å²) in [5, 5.41) is 2.55. The van der Waals surface area contributed by atoms with Gasteiger partial charge in [-0.15, -0.1) is 0 Å². The Kier molecular flexibility index (Phi) is 6.64. The second-order valence-electron chi connectivity index (χ2n) is 4.35. The third kappa shape index (κ3) is 4.11. The largest absolute Gasteiger partial charge is 0.493 e. The molecule has 0 aromatic heterocycles. The van der Waals surface area contributed by atoms with Gasteiger partial charge in [0, 0.05) is 24.1 Å². The summed E-state index contributed by atoms with van der Waals surface area (Å²) in [6.45, 7) is 1.93. The lowest BCUT2D eigenvalue weighted by Crippen LogP contribution is -2.38. The lowest BCUT2D eigenvalue weighted by Gasteiger charge is -2.19. The highest BCUT2D eigenvalue weighted by Crippen LogP contribution is 2.36. The summed E-state index contributed by atoms with van der Waals surface area (Å²) in [5.41, 5.74) is 0. The van der Waals surface area contributed by atoms with Gasteiger partial charge in [0.2, 0.25) is 15.9 Å².